The van der Waals surface area contributed by atoms with Gasteiger partial charge in [0.05, 0.1) is 12.4 Å². The van der Waals surface area contributed by atoms with Crippen LogP contribution in [0.3, 0.4) is 0 Å². The lowest BCUT2D eigenvalue weighted by molar-refractivity contribution is -0.140. The zero-order valence-corrected chi connectivity index (χ0v) is 7.64. The van der Waals surface area contributed by atoms with Gasteiger partial charge in [-0.25, -0.2) is 0 Å². The topological polar surface area (TPSA) is 33.4 Å². The van der Waals surface area contributed by atoms with Crippen molar-refractivity contribution in [2.24, 2.45) is 0 Å². The number of furan rings is 1. The largest absolute Gasteiger partial charge is 0.469 e. The highest BCUT2D eigenvalue weighted by atomic mass is 19.4. The average molecular weight is 208 g/mol. The normalized spacial score (nSPS) is 14.4. The number of hydrogen-bond donors (Lipinski definition) is 1. The molecule has 5 heteroatoms. The van der Waals surface area contributed by atoms with E-state index in [1.54, 1.807) is 6.92 Å². The summed E-state index contributed by atoms with van der Waals surface area (Å²) in [5.41, 5.74) is 0.395. The Kier molecular flexibility index (Phi) is 3.21. The molecule has 1 N–H and O–H groups in total. The van der Waals surface area contributed by atoms with E-state index in [0.717, 1.165) is 0 Å². The fraction of sp³-hybridized carbons (Fsp3) is 0.556. The van der Waals surface area contributed by atoms with Crippen molar-refractivity contribution in [3.63, 3.8) is 0 Å². The Morgan fingerprint density at radius 1 is 1.50 bits per heavy atom. The van der Waals surface area contributed by atoms with Crippen molar-refractivity contribution in [3.05, 3.63) is 23.7 Å². The van der Waals surface area contributed by atoms with Crippen LogP contribution < -0.4 is 0 Å². The predicted molar refractivity (Wildman–Crippen MR) is 43.7 cm³/mol. The van der Waals surface area contributed by atoms with Crippen LogP contribution in [-0.4, -0.2) is 11.3 Å². The summed E-state index contributed by atoms with van der Waals surface area (Å²) in [6, 6.07) is 1.53. The van der Waals surface area contributed by atoms with Gasteiger partial charge in [-0.15, -0.1) is 0 Å². The van der Waals surface area contributed by atoms with Gasteiger partial charge in [-0.05, 0) is 19.4 Å². The van der Waals surface area contributed by atoms with Crippen molar-refractivity contribution in [1.82, 2.24) is 0 Å². The van der Waals surface area contributed by atoms with E-state index < -0.39 is 18.7 Å². The van der Waals surface area contributed by atoms with E-state index >= 15 is 0 Å². The number of alkyl halides is 3. The van der Waals surface area contributed by atoms with E-state index in [1.807, 2.05) is 0 Å². The molecule has 1 rings (SSSR count). The summed E-state index contributed by atoms with van der Waals surface area (Å²) in [4.78, 5) is 0. The maximum atomic E-state index is 11.8. The molecule has 0 spiro atoms. The van der Waals surface area contributed by atoms with Crippen LogP contribution in [0.4, 0.5) is 13.2 Å². The quantitative estimate of drug-likeness (QED) is 0.828. The van der Waals surface area contributed by atoms with E-state index in [2.05, 4.69) is 0 Å². The molecule has 0 aliphatic heterocycles. The second-order valence-corrected chi connectivity index (χ2v) is 3.16. The molecule has 0 bridgehead atoms. The molecule has 2 nitrogen and oxygen atoms in total. The molecule has 1 heterocycles. The van der Waals surface area contributed by atoms with Crippen molar-refractivity contribution < 1.29 is 22.7 Å². The van der Waals surface area contributed by atoms with Gasteiger partial charge >= 0.3 is 6.18 Å². The Labute approximate surface area is 79.3 Å². The maximum absolute atomic E-state index is 11.8. The molecule has 0 aliphatic carbocycles. The first-order valence-electron chi connectivity index (χ1n) is 4.18. The van der Waals surface area contributed by atoms with Gasteiger partial charge in [-0.3, -0.25) is 0 Å². The first-order valence-corrected chi connectivity index (χ1v) is 4.18. The molecule has 0 aromatic carbocycles. The lowest BCUT2D eigenvalue weighted by atomic mass is 10.1. The van der Waals surface area contributed by atoms with Crippen LogP contribution in [0.2, 0.25) is 0 Å². The van der Waals surface area contributed by atoms with Gasteiger partial charge in [0.1, 0.15) is 5.76 Å². The highest BCUT2D eigenvalue weighted by molar-refractivity contribution is 5.14. The van der Waals surface area contributed by atoms with Crippen LogP contribution in [0.5, 0.6) is 0 Å². The molecule has 1 aromatic rings. The Hall–Kier alpha value is -0.970. The summed E-state index contributed by atoms with van der Waals surface area (Å²) >= 11 is 0. The van der Waals surface area contributed by atoms with Crippen molar-refractivity contribution >= 4 is 0 Å². The summed E-state index contributed by atoms with van der Waals surface area (Å²) in [7, 11) is 0. The monoisotopic (exact) mass is 208 g/mol. The third-order valence-electron chi connectivity index (χ3n) is 1.84. The van der Waals surface area contributed by atoms with Crippen LogP contribution in [0.1, 0.15) is 30.3 Å². The number of halogens is 3. The van der Waals surface area contributed by atoms with Gasteiger partial charge in [0.25, 0.3) is 0 Å². The minimum Gasteiger partial charge on any atom is -0.469 e. The summed E-state index contributed by atoms with van der Waals surface area (Å²) in [6.07, 6.45) is -5.37. The first-order chi connectivity index (χ1) is 6.38. The number of aryl methyl sites for hydroxylation is 1. The molecule has 80 valence electrons. The molecule has 0 saturated carbocycles. The Morgan fingerprint density at radius 3 is 2.57 bits per heavy atom. The minimum absolute atomic E-state index is 0.331. The molecule has 0 amide bonds. The van der Waals surface area contributed by atoms with Crippen molar-refractivity contribution in [2.75, 3.05) is 0 Å². The number of hydrogen-bond acceptors (Lipinski definition) is 2. The SMILES string of the molecule is Cc1cc(C(O)CCC(F)(F)F)co1. The lowest BCUT2D eigenvalue weighted by Gasteiger charge is -2.09. The lowest BCUT2D eigenvalue weighted by Crippen LogP contribution is -2.09. The van der Waals surface area contributed by atoms with Gasteiger partial charge in [0, 0.05) is 12.0 Å². The van der Waals surface area contributed by atoms with E-state index in [9.17, 15) is 18.3 Å². The number of rotatable bonds is 3. The third-order valence-corrected chi connectivity index (χ3v) is 1.84. The zero-order valence-electron chi connectivity index (χ0n) is 7.64. The molecule has 1 unspecified atom stereocenters. The average Bonchev–Trinajstić information content (AvgIpc) is 2.46. The Balaban J connectivity index is 2.47. The van der Waals surface area contributed by atoms with Crippen LogP contribution >= 0.6 is 0 Å². The highest BCUT2D eigenvalue weighted by Crippen LogP contribution is 2.28. The Morgan fingerprint density at radius 2 is 2.14 bits per heavy atom. The molecule has 0 saturated heterocycles. The third kappa shape index (κ3) is 3.41. The molecule has 0 fully saturated rings. The van der Waals surface area contributed by atoms with E-state index in [0.29, 0.717) is 11.3 Å². The van der Waals surface area contributed by atoms with E-state index in [4.69, 9.17) is 4.42 Å². The summed E-state index contributed by atoms with van der Waals surface area (Å²) in [5, 5.41) is 9.34. The number of aliphatic hydroxyl groups is 1. The Bertz CT molecular complexity index is 290. The fourth-order valence-electron chi connectivity index (χ4n) is 1.11. The van der Waals surface area contributed by atoms with E-state index in [-0.39, 0.29) is 6.42 Å². The van der Waals surface area contributed by atoms with E-state index in [1.165, 1.54) is 12.3 Å². The molecule has 0 aliphatic rings. The summed E-state index contributed by atoms with van der Waals surface area (Å²) < 4.78 is 40.3. The predicted octanol–water partition coefficient (Wildman–Crippen LogP) is 2.96. The maximum Gasteiger partial charge on any atom is 0.389 e. The van der Waals surface area contributed by atoms with Gasteiger partial charge in [0.15, 0.2) is 0 Å². The molecule has 1 aromatic heterocycles. The van der Waals surface area contributed by atoms with Crippen molar-refractivity contribution in [3.8, 4) is 0 Å². The standard InChI is InChI=1S/C9H11F3O2/c1-6-4-7(5-14-6)8(13)2-3-9(10,11)12/h4-5,8,13H,2-3H2,1H3. The second kappa shape index (κ2) is 4.04. The minimum atomic E-state index is -4.22. The van der Waals surface area contributed by atoms with Crippen LogP contribution in [0.25, 0.3) is 0 Å². The van der Waals surface area contributed by atoms with Crippen molar-refractivity contribution in [2.45, 2.75) is 32.0 Å². The van der Waals surface area contributed by atoms with Crippen LogP contribution in [0, 0.1) is 6.92 Å². The van der Waals surface area contributed by atoms with Crippen molar-refractivity contribution in [1.29, 1.82) is 0 Å². The molecular weight excluding hydrogens is 197 g/mol. The summed E-state index contributed by atoms with van der Waals surface area (Å²) in [5.74, 6) is 0.575. The highest BCUT2D eigenvalue weighted by Gasteiger charge is 2.28. The molecular formula is C9H11F3O2. The zero-order chi connectivity index (χ0) is 10.8. The fourth-order valence-corrected chi connectivity index (χ4v) is 1.11. The van der Waals surface area contributed by atoms with Crippen LogP contribution in [-0.2, 0) is 0 Å². The number of aliphatic hydroxyl groups excluding tert-OH is 1. The molecule has 14 heavy (non-hydrogen) atoms. The summed E-state index contributed by atoms with van der Waals surface area (Å²) in [6.45, 7) is 1.67. The smallest absolute Gasteiger partial charge is 0.389 e. The molecule has 0 radical (unpaired) electrons. The van der Waals surface area contributed by atoms with Crippen LogP contribution in [0.15, 0.2) is 16.7 Å². The van der Waals surface area contributed by atoms with Gasteiger partial charge < -0.3 is 9.52 Å². The van der Waals surface area contributed by atoms with Gasteiger partial charge in [-0.2, -0.15) is 13.2 Å². The molecule has 1 atom stereocenters. The van der Waals surface area contributed by atoms with Gasteiger partial charge in [0.2, 0.25) is 0 Å². The van der Waals surface area contributed by atoms with Gasteiger partial charge in [-0.1, -0.05) is 0 Å². The second-order valence-electron chi connectivity index (χ2n) is 3.16. The first kappa shape index (κ1) is 11.1.